The molecule has 20 heteroatoms. The monoisotopic (exact) mass is 869 g/mol. The van der Waals surface area contributed by atoms with Crippen molar-refractivity contribution in [2.24, 2.45) is 21.5 Å². The predicted octanol–water partition coefficient (Wildman–Crippen LogP) is 7.66. The van der Waals surface area contributed by atoms with Gasteiger partial charge >= 0.3 is 0 Å². The number of nitrogens with zero attached hydrogens (tertiary/aromatic N) is 5. The first-order chi connectivity index (χ1) is 28.1. The number of aromatic nitrogens is 2. The number of amides is 2. The van der Waals surface area contributed by atoms with E-state index in [-0.39, 0.29) is 21.6 Å². The van der Waals surface area contributed by atoms with Gasteiger partial charge in [-0.25, -0.2) is 45.1 Å². The molecule has 2 aliphatic rings. The lowest BCUT2D eigenvalue weighted by Gasteiger charge is -2.40. The third-order valence-electron chi connectivity index (χ3n) is 9.56. The second-order valence-electron chi connectivity index (χ2n) is 13.1. The molecule has 2 amide bonds. The first-order valence-electron chi connectivity index (χ1n) is 18.2. The Kier molecular flexibility index (Phi) is 9.95. The Hall–Kier alpha value is -5.66. The van der Waals surface area contributed by atoms with Gasteiger partial charge in [0, 0.05) is 58.9 Å². The molecule has 57 heavy (non-hydrogen) atoms. The molecule has 0 fully saturated rings. The smallest absolute Gasteiger partial charge is 0.283 e. The van der Waals surface area contributed by atoms with E-state index in [1.807, 2.05) is 0 Å². The van der Waals surface area contributed by atoms with Crippen LogP contribution in [0.25, 0.3) is 0 Å². The van der Waals surface area contributed by atoms with Gasteiger partial charge in [0.25, 0.3) is 23.7 Å². The highest BCUT2D eigenvalue weighted by Crippen LogP contribution is 2.51. The van der Waals surface area contributed by atoms with E-state index in [2.05, 4.69) is 41.2 Å². The molecule has 2 aromatic heterocycles. The van der Waals surface area contributed by atoms with E-state index in [4.69, 9.17) is 20.3 Å². The molecule has 0 unspecified atom stereocenters. The van der Waals surface area contributed by atoms with E-state index in [0.717, 1.165) is 36.7 Å². The fraction of sp³-hybridized carbons (Fsp3) is 0.297. The molecule has 0 saturated heterocycles. The van der Waals surface area contributed by atoms with Gasteiger partial charge in [-0.1, -0.05) is 0 Å². The van der Waals surface area contributed by atoms with Crippen molar-refractivity contribution in [3.8, 4) is 5.75 Å². The van der Waals surface area contributed by atoms with E-state index in [1.165, 1.54) is 6.07 Å². The standard InChI is InChI=1S/C37H31BrF8N8O3/c1-57-22-4-7-27(49-16-22)32(55)51-28-12-19(38)15-50-31(28)33(56)54(20-2-5-25(41)23(13-20)34(17-39)36(43,44)10-8-29(47)52-34)21-3-6-26(42)24(14-21)35(18-40)37(45,46)11-9-30(48)53-35/h2-7,12-16H,8-11,17-18H2,1H3,(H2,47,52)(H2,48,53)(H,51,55)/t34-,35-/m1/s1/i1D3. The number of alkyl halides is 6. The molecular formula is C37H31BrF8N8O3. The Bertz CT molecular complexity index is 2310. The third kappa shape index (κ3) is 7.25. The van der Waals surface area contributed by atoms with Crippen molar-refractivity contribution < 1.29 is 53.6 Å². The van der Waals surface area contributed by atoms with Crippen molar-refractivity contribution in [1.82, 2.24) is 9.97 Å². The van der Waals surface area contributed by atoms with Crippen LogP contribution in [-0.4, -0.2) is 65.7 Å². The number of carbonyl (C=O) groups excluding carboxylic acids is 2. The van der Waals surface area contributed by atoms with Crippen molar-refractivity contribution in [3.63, 3.8) is 0 Å². The summed E-state index contributed by atoms with van der Waals surface area (Å²) >= 11 is 3.17. The van der Waals surface area contributed by atoms with Gasteiger partial charge in [-0.05, 0) is 70.5 Å². The van der Waals surface area contributed by atoms with Crippen molar-refractivity contribution >= 4 is 56.5 Å². The number of anilines is 3. The van der Waals surface area contributed by atoms with Gasteiger partial charge in [0.05, 0.1) is 34.7 Å². The van der Waals surface area contributed by atoms with Crippen LogP contribution in [0, 0.1) is 11.6 Å². The van der Waals surface area contributed by atoms with Gasteiger partial charge in [0.15, 0.2) is 16.8 Å². The molecule has 4 aromatic rings. The molecule has 2 aliphatic heterocycles. The first-order valence-corrected chi connectivity index (χ1v) is 17.5. The summed E-state index contributed by atoms with van der Waals surface area (Å²) in [7, 11) is -2.83. The molecule has 6 rings (SSSR count). The van der Waals surface area contributed by atoms with Gasteiger partial charge in [-0.3, -0.25) is 24.5 Å². The lowest BCUT2D eigenvalue weighted by Crippen LogP contribution is -2.51. The molecular weight excluding hydrogens is 836 g/mol. The number of amidine groups is 2. The zero-order valence-electron chi connectivity index (χ0n) is 32.1. The second kappa shape index (κ2) is 15.4. The van der Waals surface area contributed by atoms with Crippen LogP contribution < -0.4 is 26.4 Å². The summed E-state index contributed by atoms with van der Waals surface area (Å²) in [5.41, 5.74) is 0.303. The predicted molar refractivity (Wildman–Crippen MR) is 197 cm³/mol. The summed E-state index contributed by atoms with van der Waals surface area (Å²) < 4.78 is 151. The highest BCUT2D eigenvalue weighted by atomic mass is 79.9. The number of nitrogens with two attached hydrogens (primary N) is 2. The van der Waals surface area contributed by atoms with Gasteiger partial charge in [-0.15, -0.1) is 0 Å². The van der Waals surface area contributed by atoms with Gasteiger partial charge in [0.2, 0.25) is 0 Å². The molecule has 0 saturated carbocycles. The van der Waals surface area contributed by atoms with Crippen molar-refractivity contribution in [1.29, 1.82) is 0 Å². The number of nitrogens with one attached hydrogen (secondary N) is 1. The molecule has 2 atom stereocenters. The van der Waals surface area contributed by atoms with Gasteiger partial charge < -0.3 is 21.5 Å². The Labute approximate surface area is 331 Å². The van der Waals surface area contributed by atoms with E-state index >= 15 is 26.3 Å². The van der Waals surface area contributed by atoms with Crippen LogP contribution in [-0.2, 0) is 11.1 Å². The number of benzene rings is 2. The largest absolute Gasteiger partial charge is 0.495 e. The Morgan fingerprint density at radius 2 is 1.39 bits per heavy atom. The number of aliphatic imine (C=N–C) groups is 2. The van der Waals surface area contributed by atoms with Crippen molar-refractivity contribution in [2.75, 3.05) is 30.6 Å². The molecule has 5 N–H and O–H groups in total. The number of halogens is 9. The van der Waals surface area contributed by atoms with Crippen LogP contribution in [0.1, 0.15) is 61.9 Å². The number of ether oxygens (including phenoxy) is 1. The molecule has 300 valence electrons. The minimum Gasteiger partial charge on any atom is -0.495 e. The number of carbonyl (C=O) groups is 2. The lowest BCUT2D eigenvalue weighted by molar-refractivity contribution is -0.0962. The van der Waals surface area contributed by atoms with E-state index < -0.39 is 132 Å². The van der Waals surface area contributed by atoms with Crippen LogP contribution in [0.3, 0.4) is 0 Å². The van der Waals surface area contributed by atoms with Crippen molar-refractivity contribution in [3.05, 3.63) is 106 Å². The van der Waals surface area contributed by atoms with Crippen LogP contribution >= 0.6 is 15.9 Å². The Balaban J connectivity index is 1.55. The molecule has 2 aromatic carbocycles. The number of methoxy groups -OCH3 is 1. The summed E-state index contributed by atoms with van der Waals surface area (Å²) in [6, 6.07) is 7.56. The number of hydrogen-bond donors (Lipinski definition) is 3. The first kappa shape index (κ1) is 36.9. The SMILES string of the molecule is [2H]C([2H])([2H])Oc1ccc(C(=O)Nc2cc(Br)cnc2C(=O)N(c2ccc(F)c([C@@]3(CF)N=C(N)CCC3(F)F)c2)c2ccc(F)c([C@@]3(CF)N=C(N)CCC3(F)F)c2)nc1. The zero-order chi connectivity index (χ0) is 44.0. The fourth-order valence-electron chi connectivity index (χ4n) is 6.56. The minimum absolute atomic E-state index is 0.170. The fourth-order valence-corrected chi connectivity index (χ4v) is 6.89. The van der Waals surface area contributed by atoms with Crippen molar-refractivity contribution in [2.45, 2.75) is 48.6 Å². The van der Waals surface area contributed by atoms with Gasteiger partial charge in [-0.2, -0.15) is 0 Å². The Morgan fingerprint density at radius 1 is 0.842 bits per heavy atom. The van der Waals surface area contributed by atoms with E-state index in [9.17, 15) is 18.4 Å². The molecule has 11 nitrogen and oxygen atoms in total. The number of pyridine rings is 2. The quantitative estimate of drug-likeness (QED) is 0.138. The second-order valence-corrected chi connectivity index (χ2v) is 14.0. The van der Waals surface area contributed by atoms with Gasteiger partial charge in [0.1, 0.15) is 36.4 Å². The van der Waals surface area contributed by atoms with E-state index in [0.29, 0.717) is 29.2 Å². The average molecular weight is 871 g/mol. The topological polar surface area (TPSA) is 161 Å². The zero-order valence-corrected chi connectivity index (χ0v) is 30.7. The average Bonchev–Trinajstić information content (AvgIpc) is 3.18. The highest BCUT2D eigenvalue weighted by molar-refractivity contribution is 9.10. The minimum atomic E-state index is -4.05. The number of hydrogen-bond acceptors (Lipinski definition) is 9. The van der Waals surface area contributed by atoms with Crippen LogP contribution in [0.5, 0.6) is 5.75 Å². The lowest BCUT2D eigenvalue weighted by atomic mass is 9.80. The van der Waals surface area contributed by atoms with Crippen LogP contribution in [0.15, 0.2) is 81.4 Å². The molecule has 4 heterocycles. The van der Waals surface area contributed by atoms with E-state index in [1.54, 1.807) is 0 Å². The molecule has 0 aliphatic carbocycles. The molecule has 0 spiro atoms. The molecule has 0 radical (unpaired) electrons. The summed E-state index contributed by atoms with van der Waals surface area (Å²) in [5.74, 6) is -14.3. The molecule has 0 bridgehead atoms. The summed E-state index contributed by atoms with van der Waals surface area (Å²) in [4.78, 5) is 44.1. The third-order valence-corrected chi connectivity index (χ3v) is 9.99. The highest BCUT2D eigenvalue weighted by Gasteiger charge is 2.60. The normalized spacial score (nSPS) is 22.2. The van der Waals surface area contributed by atoms with Crippen LogP contribution in [0.4, 0.5) is 52.2 Å². The maximum absolute atomic E-state index is 15.7. The summed E-state index contributed by atoms with van der Waals surface area (Å²) in [5, 5.41) is 2.41. The maximum Gasteiger partial charge on any atom is 0.283 e. The summed E-state index contributed by atoms with van der Waals surface area (Å²) in [6.45, 7) is -3.96. The Morgan fingerprint density at radius 3 is 1.86 bits per heavy atom. The number of rotatable bonds is 10. The maximum atomic E-state index is 15.7. The van der Waals surface area contributed by atoms with Crippen LogP contribution in [0.2, 0.25) is 0 Å². The summed E-state index contributed by atoms with van der Waals surface area (Å²) in [6.07, 6.45) is -0.999.